The minimum Gasteiger partial charge on any atom is -0.652 e. The second-order valence-corrected chi connectivity index (χ2v) is 0.474. The fraction of sp³-hybridized carbons (Fsp3) is 0. The number of carboxylic acid groups (broad SMARTS) is 2. The zero-order chi connectivity index (χ0) is 7.15. The Labute approximate surface area is 59.5 Å². The molecule has 8 heteroatoms. The summed E-state index contributed by atoms with van der Waals surface area (Å²) in [4.78, 5) is 16.6. The topological polar surface area (TPSA) is 129 Å². The summed E-state index contributed by atoms with van der Waals surface area (Å²) < 4.78 is 0. The molecule has 0 aliphatic heterocycles. The van der Waals surface area contributed by atoms with Gasteiger partial charge >= 0.3 is 17.1 Å². The molecule has 0 unspecified atom stereocenters. The third-order valence-corrected chi connectivity index (χ3v) is 0. The number of hydrogen-bond acceptors (Lipinski definition) is 6. The summed E-state index contributed by atoms with van der Waals surface area (Å²) in [5.41, 5.74) is 0. The van der Waals surface area contributed by atoms with Crippen LogP contribution in [0.3, 0.4) is 0 Å². The predicted molar refractivity (Wildman–Crippen MR) is 15.8 cm³/mol. The fourth-order valence-electron chi connectivity index (χ4n) is 0. The van der Waals surface area contributed by atoms with Crippen LogP contribution in [0.4, 0.5) is 4.79 Å². The summed E-state index contributed by atoms with van der Waals surface area (Å²) in [6.07, 6.45) is -2.33. The third-order valence-electron chi connectivity index (χ3n) is 0. The Morgan fingerprint density at radius 2 is 1.22 bits per heavy atom. The van der Waals surface area contributed by atoms with E-state index in [2.05, 4.69) is 0 Å². The van der Waals surface area contributed by atoms with Gasteiger partial charge in [-0.05, 0) is 6.16 Å². The number of carbonyl (C=O) groups is 1. The van der Waals surface area contributed by atoms with Gasteiger partial charge in [0.05, 0.1) is 5.09 Å². The first-order valence-electron chi connectivity index (χ1n) is 1.16. The predicted octanol–water partition coefficient (Wildman–Crippen LogP) is -2.69. The maximum atomic E-state index is 8.33. The number of carbonyl (C=O) groups excluding carboxylic acids is 1. The van der Waals surface area contributed by atoms with Gasteiger partial charge in [-0.25, -0.2) is 0 Å². The zero-order valence-corrected chi connectivity index (χ0v) is 4.85. The molecule has 0 saturated heterocycles. The van der Waals surface area contributed by atoms with Crippen molar-refractivity contribution in [3.05, 3.63) is 15.3 Å². The minimum absolute atomic E-state index is 0. The second kappa shape index (κ2) is 10.1. The molecular formula is CFeNO6. The molecule has 0 fully saturated rings. The maximum absolute atomic E-state index is 8.33. The van der Waals surface area contributed by atoms with E-state index in [0.717, 1.165) is 0 Å². The smallest absolute Gasteiger partial charge is 0.652 e. The standard InChI is InChI=1S/CH2O3.Fe.NO3/c2-1(3)4;;2-1(3)4/h(H2,2,3,4);;/q;+3;-1/p-2. The Morgan fingerprint density at radius 3 is 1.22 bits per heavy atom. The largest absolute Gasteiger partial charge is 3.00 e. The first-order chi connectivity index (χ1) is 3.46. The van der Waals surface area contributed by atoms with Crippen LogP contribution in [-0.4, -0.2) is 11.2 Å². The molecule has 1 radical (unpaired) electrons. The van der Waals surface area contributed by atoms with Crippen molar-refractivity contribution >= 4 is 6.16 Å². The van der Waals surface area contributed by atoms with Gasteiger partial charge in [-0.1, -0.05) is 0 Å². The number of hydrogen-bond donors (Lipinski definition) is 0. The van der Waals surface area contributed by atoms with Crippen LogP contribution in [0.25, 0.3) is 0 Å². The maximum Gasteiger partial charge on any atom is 3.00 e. The van der Waals surface area contributed by atoms with E-state index in [1.807, 2.05) is 0 Å². The molecule has 0 aliphatic carbocycles. The van der Waals surface area contributed by atoms with Crippen molar-refractivity contribution < 1.29 is 37.2 Å². The van der Waals surface area contributed by atoms with Gasteiger partial charge < -0.3 is 30.3 Å². The van der Waals surface area contributed by atoms with Crippen LogP contribution < -0.4 is 10.2 Å². The van der Waals surface area contributed by atoms with Crippen molar-refractivity contribution in [3.8, 4) is 0 Å². The van der Waals surface area contributed by atoms with Gasteiger partial charge in [0.15, 0.2) is 0 Å². The first kappa shape index (κ1) is 15.7. The van der Waals surface area contributed by atoms with E-state index in [9.17, 15) is 0 Å². The third kappa shape index (κ3) is 170. The van der Waals surface area contributed by atoms with Crippen molar-refractivity contribution in [1.82, 2.24) is 0 Å². The molecule has 0 spiro atoms. The van der Waals surface area contributed by atoms with Crippen molar-refractivity contribution in [2.75, 3.05) is 0 Å². The molecular weight excluding hydrogens is 178 g/mol. The molecule has 0 amide bonds. The molecule has 0 heterocycles. The molecule has 53 valence electrons. The number of rotatable bonds is 0. The van der Waals surface area contributed by atoms with E-state index < -0.39 is 11.2 Å². The van der Waals surface area contributed by atoms with Gasteiger partial charge in [-0.15, -0.1) is 0 Å². The van der Waals surface area contributed by atoms with Gasteiger partial charge in [-0.3, -0.25) is 0 Å². The van der Waals surface area contributed by atoms with Crippen molar-refractivity contribution in [1.29, 1.82) is 0 Å². The summed E-state index contributed by atoms with van der Waals surface area (Å²) in [5.74, 6) is 0. The first-order valence-corrected chi connectivity index (χ1v) is 1.16. The van der Waals surface area contributed by atoms with Crippen LogP contribution in [0.1, 0.15) is 0 Å². The zero-order valence-electron chi connectivity index (χ0n) is 3.75. The summed E-state index contributed by atoms with van der Waals surface area (Å²) in [7, 11) is 0. The summed E-state index contributed by atoms with van der Waals surface area (Å²) >= 11 is 0. The van der Waals surface area contributed by atoms with E-state index in [4.69, 9.17) is 30.3 Å². The monoisotopic (exact) mass is 178 g/mol. The van der Waals surface area contributed by atoms with Crippen LogP contribution in [0, 0.1) is 15.3 Å². The van der Waals surface area contributed by atoms with Crippen LogP contribution in [0.5, 0.6) is 0 Å². The van der Waals surface area contributed by atoms with Crippen LogP contribution in [-0.2, 0) is 17.1 Å². The summed E-state index contributed by atoms with van der Waals surface area (Å²) in [6.45, 7) is 0. The molecule has 9 heavy (non-hydrogen) atoms. The van der Waals surface area contributed by atoms with Gasteiger partial charge in [0.2, 0.25) is 0 Å². The Bertz CT molecular complexity index is 71.1. The Morgan fingerprint density at radius 1 is 1.22 bits per heavy atom. The molecule has 0 rings (SSSR count). The number of nitrogens with zero attached hydrogens (tertiary/aromatic N) is 1. The molecule has 0 N–H and O–H groups in total. The summed E-state index contributed by atoms with van der Waals surface area (Å²) in [5, 5.41) is 31.4. The van der Waals surface area contributed by atoms with Crippen molar-refractivity contribution in [2.45, 2.75) is 0 Å². The van der Waals surface area contributed by atoms with Gasteiger partial charge in [0.25, 0.3) is 0 Å². The van der Waals surface area contributed by atoms with Gasteiger partial charge in [0.1, 0.15) is 0 Å². The van der Waals surface area contributed by atoms with E-state index in [1.165, 1.54) is 0 Å². The van der Waals surface area contributed by atoms with Crippen LogP contribution in [0.2, 0.25) is 0 Å². The average molecular weight is 178 g/mol. The molecule has 0 aromatic heterocycles. The second-order valence-electron chi connectivity index (χ2n) is 0.474. The van der Waals surface area contributed by atoms with Gasteiger partial charge in [-0.2, -0.15) is 0 Å². The Kier molecular flexibility index (Phi) is 17.5. The average Bonchev–Trinajstić information content (AvgIpc) is 1.25. The molecule has 0 saturated carbocycles. The quantitative estimate of drug-likeness (QED) is 0.225. The summed E-state index contributed by atoms with van der Waals surface area (Å²) in [6, 6.07) is 0. The molecule has 0 aromatic rings. The SMILES string of the molecule is O=C([O-])[O-].O=[N+]([O-])[O-].[Fe+3]. The van der Waals surface area contributed by atoms with E-state index in [-0.39, 0.29) is 17.1 Å². The normalized spacial score (nSPS) is 5.33. The van der Waals surface area contributed by atoms with Crippen LogP contribution in [0.15, 0.2) is 0 Å². The van der Waals surface area contributed by atoms with E-state index >= 15 is 0 Å². The fourth-order valence-corrected chi connectivity index (χ4v) is 0. The molecule has 0 bridgehead atoms. The molecule has 7 nitrogen and oxygen atoms in total. The van der Waals surface area contributed by atoms with E-state index in [0.29, 0.717) is 0 Å². The Balaban J connectivity index is -0.0000000720. The van der Waals surface area contributed by atoms with Crippen LogP contribution >= 0.6 is 0 Å². The minimum atomic E-state index is -2.33. The van der Waals surface area contributed by atoms with E-state index in [1.54, 1.807) is 0 Å². The Hall–Kier alpha value is -1.01. The molecule has 0 aliphatic rings. The van der Waals surface area contributed by atoms with Crippen molar-refractivity contribution in [3.63, 3.8) is 0 Å². The van der Waals surface area contributed by atoms with Crippen molar-refractivity contribution in [2.24, 2.45) is 0 Å². The molecule has 0 atom stereocenters. The van der Waals surface area contributed by atoms with Gasteiger partial charge in [0, 0.05) is 0 Å². The molecule has 0 aromatic carbocycles.